The summed E-state index contributed by atoms with van der Waals surface area (Å²) >= 11 is 0. The molecule has 13 nitrogen and oxygen atoms in total. The van der Waals surface area contributed by atoms with Crippen LogP contribution in [0.2, 0.25) is 0 Å². The molecule has 4 aromatic heterocycles. The van der Waals surface area contributed by atoms with Gasteiger partial charge in [-0.25, -0.2) is 30.6 Å². The van der Waals surface area contributed by atoms with Gasteiger partial charge < -0.3 is 9.64 Å². The molecular formula is C42H42F2N8O5S. The number of fused-ring (bicyclic) bond motifs is 3. The van der Waals surface area contributed by atoms with Gasteiger partial charge in [-0.3, -0.25) is 18.6 Å². The largest absolute Gasteiger partial charge is 0.381 e. The summed E-state index contributed by atoms with van der Waals surface area (Å²) in [5.74, 6) is -1.15. The molecule has 0 unspecified atom stereocenters. The van der Waals surface area contributed by atoms with Crippen LogP contribution in [0.3, 0.4) is 0 Å². The fourth-order valence-electron chi connectivity index (χ4n) is 8.70. The minimum absolute atomic E-state index is 0.0135. The Bertz CT molecular complexity index is 2960. The zero-order valence-electron chi connectivity index (χ0n) is 32.7. The average molecular weight is 809 g/mol. The number of rotatable bonds is 7. The summed E-state index contributed by atoms with van der Waals surface area (Å²) in [7, 11) is -2.23. The predicted molar refractivity (Wildman–Crippen MR) is 215 cm³/mol. The van der Waals surface area contributed by atoms with Crippen LogP contribution in [-0.4, -0.2) is 77.4 Å². The summed E-state index contributed by atoms with van der Waals surface area (Å²) in [5, 5.41) is 10.0. The summed E-state index contributed by atoms with van der Waals surface area (Å²) in [4.78, 5) is 30.9. The van der Waals surface area contributed by atoms with Crippen molar-refractivity contribution in [1.29, 1.82) is 0 Å². The monoisotopic (exact) mass is 808 g/mol. The lowest BCUT2D eigenvalue weighted by Gasteiger charge is -2.33. The first kappa shape index (κ1) is 37.7. The molecule has 3 aromatic carbocycles. The molecule has 300 valence electrons. The van der Waals surface area contributed by atoms with E-state index in [0.29, 0.717) is 63.5 Å². The second-order valence-corrected chi connectivity index (χ2v) is 17.3. The van der Waals surface area contributed by atoms with E-state index in [2.05, 4.69) is 5.10 Å². The number of hydrogen-bond donors (Lipinski definition) is 0. The van der Waals surface area contributed by atoms with E-state index in [1.807, 2.05) is 19.1 Å². The summed E-state index contributed by atoms with van der Waals surface area (Å²) in [6.07, 6.45) is 6.37. The quantitative estimate of drug-likeness (QED) is 0.182. The lowest BCUT2D eigenvalue weighted by Crippen LogP contribution is -2.40. The molecule has 58 heavy (non-hydrogen) atoms. The van der Waals surface area contributed by atoms with E-state index in [4.69, 9.17) is 9.84 Å². The van der Waals surface area contributed by atoms with Gasteiger partial charge in [0.05, 0.1) is 51.5 Å². The van der Waals surface area contributed by atoms with Crippen molar-refractivity contribution in [1.82, 2.24) is 37.6 Å². The van der Waals surface area contributed by atoms with E-state index < -0.39 is 33.5 Å². The number of imidazole rings is 1. The standard InChI is InChI=1S/C42H42F2N8O5S/c1-6-58(55,56)52-33-8-7-28(27-12-17-57-18-13-27)21-29(33)22-36(52)41(53)48-14-11-32-37(26(48)4)40(51(46-32)30-19-24(2)38(43)25(3)20-30)50-16-15-49(42(50)54)35-10-9-34-31(39(35)44)23-45-47(34)5/h7-10,15-16,19-23,26-27H,6,11-14,17-18H2,1-5H3/t26-/m0/s1. The first-order valence-electron chi connectivity index (χ1n) is 19.4. The molecule has 0 spiro atoms. The van der Waals surface area contributed by atoms with E-state index in [-0.39, 0.29) is 47.2 Å². The highest BCUT2D eigenvalue weighted by atomic mass is 32.2. The zero-order chi connectivity index (χ0) is 40.8. The smallest absolute Gasteiger partial charge is 0.338 e. The van der Waals surface area contributed by atoms with Crippen molar-refractivity contribution in [2.24, 2.45) is 7.05 Å². The van der Waals surface area contributed by atoms with Crippen molar-refractivity contribution < 1.29 is 26.7 Å². The molecule has 0 N–H and O–H groups in total. The van der Waals surface area contributed by atoms with Gasteiger partial charge in [0.25, 0.3) is 5.91 Å². The lowest BCUT2D eigenvalue weighted by molar-refractivity contribution is 0.0670. The van der Waals surface area contributed by atoms with Gasteiger partial charge in [0.1, 0.15) is 17.3 Å². The number of halogens is 2. The van der Waals surface area contributed by atoms with Crippen LogP contribution in [0.4, 0.5) is 8.78 Å². The highest BCUT2D eigenvalue weighted by molar-refractivity contribution is 7.90. The van der Waals surface area contributed by atoms with E-state index in [9.17, 15) is 22.4 Å². The van der Waals surface area contributed by atoms with Gasteiger partial charge in [-0.05, 0) is 106 Å². The van der Waals surface area contributed by atoms with Crippen LogP contribution in [-0.2, 0) is 28.2 Å². The van der Waals surface area contributed by atoms with Crippen LogP contribution in [0.25, 0.3) is 39.0 Å². The normalized spacial score (nSPS) is 16.5. The SMILES string of the molecule is CCS(=O)(=O)n1c(C(=O)N2CCc3nn(-c4cc(C)c(F)c(C)c4)c(-n4ccn(-c5ccc6c(cnn6C)c5F)c4=O)c3[C@@H]2C)cc2cc(C3CCOCC3)ccc21. The Morgan fingerprint density at radius 2 is 1.66 bits per heavy atom. The minimum atomic E-state index is -3.93. The Labute approximate surface area is 332 Å². The third-order valence-corrected chi connectivity index (χ3v) is 13.5. The van der Waals surface area contributed by atoms with E-state index in [1.54, 1.807) is 72.4 Å². The van der Waals surface area contributed by atoms with Crippen LogP contribution in [0, 0.1) is 25.5 Å². The summed E-state index contributed by atoms with van der Waals surface area (Å²) in [6, 6.07) is 13.1. The summed E-state index contributed by atoms with van der Waals surface area (Å²) in [5.41, 5.74) is 3.88. The van der Waals surface area contributed by atoms with Gasteiger partial charge in [0.15, 0.2) is 5.82 Å². The lowest BCUT2D eigenvalue weighted by atomic mass is 9.91. The third-order valence-electron chi connectivity index (χ3n) is 11.8. The van der Waals surface area contributed by atoms with Crippen molar-refractivity contribution in [2.75, 3.05) is 25.5 Å². The molecule has 1 atom stereocenters. The van der Waals surface area contributed by atoms with Gasteiger partial charge in [0, 0.05) is 56.6 Å². The molecule has 2 aliphatic heterocycles. The first-order valence-corrected chi connectivity index (χ1v) is 21.0. The van der Waals surface area contributed by atoms with Crippen molar-refractivity contribution >= 4 is 37.7 Å². The maximum atomic E-state index is 16.0. The topological polar surface area (TPSA) is 131 Å². The van der Waals surface area contributed by atoms with Crippen LogP contribution < -0.4 is 5.69 Å². The maximum Gasteiger partial charge on any atom is 0.338 e. The molecule has 1 saturated heterocycles. The van der Waals surface area contributed by atoms with Crippen LogP contribution in [0.1, 0.15) is 77.1 Å². The molecule has 16 heteroatoms. The number of hydrogen-bond acceptors (Lipinski definition) is 7. The Morgan fingerprint density at radius 3 is 2.38 bits per heavy atom. The molecule has 9 rings (SSSR count). The zero-order valence-corrected chi connectivity index (χ0v) is 33.6. The van der Waals surface area contributed by atoms with Crippen molar-refractivity contribution in [3.05, 3.63) is 123 Å². The van der Waals surface area contributed by atoms with Gasteiger partial charge in [-0.2, -0.15) is 10.2 Å². The first-order chi connectivity index (χ1) is 27.8. The van der Waals surface area contributed by atoms with Crippen LogP contribution >= 0.6 is 0 Å². The molecule has 0 radical (unpaired) electrons. The van der Waals surface area contributed by atoms with Gasteiger partial charge >= 0.3 is 5.69 Å². The highest BCUT2D eigenvalue weighted by Gasteiger charge is 2.38. The Morgan fingerprint density at radius 1 is 0.948 bits per heavy atom. The fourth-order valence-corrected chi connectivity index (χ4v) is 9.85. The second-order valence-electron chi connectivity index (χ2n) is 15.2. The molecule has 7 aromatic rings. The number of amides is 1. The average Bonchev–Trinajstić information content (AvgIpc) is 4.00. The number of carbonyl (C=O) groups excluding carboxylic acids is 1. The van der Waals surface area contributed by atoms with Gasteiger partial charge in [-0.1, -0.05) is 6.07 Å². The van der Waals surface area contributed by atoms with E-state index >= 15 is 4.39 Å². The van der Waals surface area contributed by atoms with Crippen molar-refractivity contribution in [3.8, 4) is 17.2 Å². The molecule has 6 heterocycles. The summed E-state index contributed by atoms with van der Waals surface area (Å²) in [6.45, 7) is 8.17. The molecule has 0 aliphatic carbocycles. The van der Waals surface area contributed by atoms with Crippen molar-refractivity contribution in [2.45, 2.75) is 58.9 Å². The van der Waals surface area contributed by atoms with Crippen molar-refractivity contribution in [3.63, 3.8) is 0 Å². The fraction of sp³-hybridized carbons (Fsp3) is 0.333. The van der Waals surface area contributed by atoms with Crippen LogP contribution in [0.5, 0.6) is 0 Å². The van der Waals surface area contributed by atoms with Crippen LogP contribution in [0.15, 0.2) is 71.9 Å². The highest BCUT2D eigenvalue weighted by Crippen LogP contribution is 2.38. The second kappa shape index (κ2) is 13.9. The maximum absolute atomic E-state index is 16.0. The number of benzene rings is 3. The molecule has 1 fully saturated rings. The molecule has 0 saturated carbocycles. The van der Waals surface area contributed by atoms with Gasteiger partial charge in [0.2, 0.25) is 10.0 Å². The summed E-state index contributed by atoms with van der Waals surface area (Å²) < 4.78 is 70.8. The number of carbonyl (C=O) groups is 1. The molecular weight excluding hydrogens is 767 g/mol. The minimum Gasteiger partial charge on any atom is -0.381 e. The number of aromatic nitrogens is 7. The third kappa shape index (κ3) is 5.82. The Kier molecular flexibility index (Phi) is 9.04. The number of aryl methyl sites for hydroxylation is 3. The predicted octanol–water partition coefficient (Wildman–Crippen LogP) is 6.40. The van der Waals surface area contributed by atoms with E-state index in [0.717, 1.165) is 22.4 Å². The molecule has 2 aliphatic rings. The number of nitrogens with zero attached hydrogens (tertiary/aromatic N) is 8. The Hall–Kier alpha value is -5.87. The number of ether oxygens (including phenoxy) is 1. The molecule has 0 bridgehead atoms. The Balaban J connectivity index is 1.19. The molecule has 1 amide bonds. The van der Waals surface area contributed by atoms with Gasteiger partial charge in [-0.15, -0.1) is 0 Å². The van der Waals surface area contributed by atoms with E-state index in [1.165, 1.54) is 33.8 Å².